The molecular formula is C21H28N2O2S. The first-order valence-electron chi connectivity index (χ1n) is 9.56. The molecule has 5 heteroatoms. The molecule has 1 aliphatic heterocycles. The summed E-state index contributed by atoms with van der Waals surface area (Å²) in [7, 11) is 0. The molecule has 1 aromatic heterocycles. The molecule has 1 aromatic carbocycles. The lowest BCUT2D eigenvalue weighted by atomic mass is 10.1. The van der Waals surface area contributed by atoms with Crippen LogP contribution >= 0.6 is 11.3 Å². The molecule has 0 aliphatic carbocycles. The second-order valence-corrected chi connectivity index (χ2v) is 7.69. The van der Waals surface area contributed by atoms with Gasteiger partial charge in [0, 0.05) is 17.0 Å². The molecule has 1 fully saturated rings. The molecule has 0 saturated carbocycles. The summed E-state index contributed by atoms with van der Waals surface area (Å²) in [5.41, 5.74) is 0.678. The molecule has 1 aliphatic rings. The number of hydrogen-bond acceptors (Lipinski definition) is 4. The molecular weight excluding hydrogens is 344 g/mol. The van der Waals surface area contributed by atoms with Gasteiger partial charge >= 0.3 is 0 Å². The molecule has 140 valence electrons. The van der Waals surface area contributed by atoms with Crippen molar-refractivity contribution in [2.24, 2.45) is 0 Å². The number of nitrogens with one attached hydrogen (secondary N) is 1. The van der Waals surface area contributed by atoms with Crippen molar-refractivity contribution in [2.75, 3.05) is 26.2 Å². The molecule has 2 aromatic rings. The highest BCUT2D eigenvalue weighted by molar-refractivity contribution is 7.10. The van der Waals surface area contributed by atoms with Crippen molar-refractivity contribution in [3.8, 4) is 5.75 Å². The summed E-state index contributed by atoms with van der Waals surface area (Å²) in [6, 6.07) is 11.9. The van der Waals surface area contributed by atoms with Gasteiger partial charge in [0.1, 0.15) is 5.75 Å². The van der Waals surface area contributed by atoms with Gasteiger partial charge in [-0.2, -0.15) is 0 Å². The number of carbonyl (C=O) groups excluding carboxylic acids is 1. The average molecular weight is 373 g/mol. The first-order valence-corrected chi connectivity index (χ1v) is 10.4. The van der Waals surface area contributed by atoms with E-state index in [1.165, 1.54) is 24.1 Å². The lowest BCUT2D eigenvalue weighted by molar-refractivity contribution is 0.0925. The van der Waals surface area contributed by atoms with Crippen LogP contribution in [-0.2, 0) is 0 Å². The van der Waals surface area contributed by atoms with Crippen molar-refractivity contribution in [1.29, 1.82) is 0 Å². The van der Waals surface area contributed by atoms with Crippen LogP contribution in [0.4, 0.5) is 0 Å². The minimum Gasteiger partial charge on any atom is -0.494 e. The van der Waals surface area contributed by atoms with Crippen molar-refractivity contribution in [2.45, 2.75) is 38.6 Å². The van der Waals surface area contributed by atoms with Crippen LogP contribution in [0.3, 0.4) is 0 Å². The number of benzene rings is 1. The molecule has 26 heavy (non-hydrogen) atoms. The summed E-state index contributed by atoms with van der Waals surface area (Å²) >= 11 is 1.77. The third-order valence-corrected chi connectivity index (χ3v) is 5.72. The second kappa shape index (κ2) is 9.74. The molecule has 0 bridgehead atoms. The van der Waals surface area contributed by atoms with Crippen LogP contribution in [0.5, 0.6) is 5.75 Å². The highest BCUT2D eigenvalue weighted by Crippen LogP contribution is 2.27. The number of hydrogen-bond donors (Lipinski definition) is 1. The van der Waals surface area contributed by atoms with Crippen LogP contribution in [0.2, 0.25) is 0 Å². The van der Waals surface area contributed by atoms with Crippen LogP contribution in [0.1, 0.15) is 53.9 Å². The van der Waals surface area contributed by atoms with E-state index in [1.807, 2.05) is 24.3 Å². The Hall–Kier alpha value is -1.85. The maximum atomic E-state index is 12.6. The van der Waals surface area contributed by atoms with Crippen LogP contribution < -0.4 is 10.1 Å². The van der Waals surface area contributed by atoms with Gasteiger partial charge in [0.25, 0.3) is 5.91 Å². The van der Waals surface area contributed by atoms with Gasteiger partial charge in [-0.15, -0.1) is 11.3 Å². The average Bonchev–Trinajstić information content (AvgIpc) is 3.22. The fourth-order valence-corrected chi connectivity index (χ4v) is 4.20. The topological polar surface area (TPSA) is 41.6 Å². The Kier molecular flexibility index (Phi) is 7.09. The number of nitrogens with zero attached hydrogens (tertiary/aromatic N) is 1. The third-order valence-electron chi connectivity index (χ3n) is 4.75. The van der Waals surface area contributed by atoms with Gasteiger partial charge in [-0.1, -0.05) is 19.4 Å². The lowest BCUT2D eigenvalue weighted by Crippen LogP contribution is -2.40. The van der Waals surface area contributed by atoms with Gasteiger partial charge in [0.05, 0.1) is 12.6 Å². The Morgan fingerprint density at radius 3 is 2.62 bits per heavy atom. The van der Waals surface area contributed by atoms with Crippen LogP contribution in [0.15, 0.2) is 41.8 Å². The second-order valence-electron chi connectivity index (χ2n) is 6.71. The van der Waals surface area contributed by atoms with Crippen molar-refractivity contribution < 1.29 is 9.53 Å². The van der Waals surface area contributed by atoms with E-state index in [9.17, 15) is 4.79 Å². The summed E-state index contributed by atoms with van der Waals surface area (Å²) in [6.07, 6.45) is 4.78. The molecule has 0 radical (unpaired) electrons. The number of thiophene rings is 1. The third kappa shape index (κ3) is 5.08. The Bertz CT molecular complexity index is 664. The van der Waals surface area contributed by atoms with E-state index in [1.54, 1.807) is 11.3 Å². The monoisotopic (exact) mass is 372 g/mol. The smallest absolute Gasteiger partial charge is 0.251 e. The summed E-state index contributed by atoms with van der Waals surface area (Å²) < 4.78 is 5.58. The van der Waals surface area contributed by atoms with E-state index >= 15 is 0 Å². The minimum atomic E-state index is -0.0226. The maximum Gasteiger partial charge on any atom is 0.251 e. The van der Waals surface area contributed by atoms with E-state index in [2.05, 4.69) is 34.7 Å². The number of carbonyl (C=O) groups is 1. The van der Waals surface area contributed by atoms with Crippen LogP contribution in [0, 0.1) is 0 Å². The van der Waals surface area contributed by atoms with Gasteiger partial charge in [-0.3, -0.25) is 9.69 Å². The minimum absolute atomic E-state index is 0.0226. The normalized spacial score (nSPS) is 16.2. The van der Waals surface area contributed by atoms with Gasteiger partial charge in [0.2, 0.25) is 0 Å². The molecule has 1 N–H and O–H groups in total. The van der Waals surface area contributed by atoms with Crippen molar-refractivity contribution >= 4 is 17.2 Å². The Morgan fingerprint density at radius 2 is 1.96 bits per heavy atom. The number of ether oxygens (including phenoxy) is 1. The number of piperidine rings is 1. The standard InChI is InChI=1S/C21H28N2O2S/c1-2-14-25-18-10-8-17(9-11-18)21(24)22-16-19(20-7-6-15-26-20)23-12-4-3-5-13-23/h6-11,15,19H,2-5,12-14,16H2,1H3,(H,22,24)/t19-/m0/s1. The van der Waals surface area contributed by atoms with Crippen molar-refractivity contribution in [1.82, 2.24) is 10.2 Å². The molecule has 1 amide bonds. The van der Waals surface area contributed by atoms with Gasteiger partial charge in [-0.25, -0.2) is 0 Å². The first kappa shape index (κ1) is 18.9. The highest BCUT2D eigenvalue weighted by Gasteiger charge is 2.23. The Morgan fingerprint density at radius 1 is 1.19 bits per heavy atom. The predicted octanol–water partition coefficient (Wildman–Crippen LogP) is 4.49. The summed E-state index contributed by atoms with van der Waals surface area (Å²) in [6.45, 7) is 5.65. The first-order chi connectivity index (χ1) is 12.8. The molecule has 2 heterocycles. The van der Waals surface area contributed by atoms with E-state index in [-0.39, 0.29) is 11.9 Å². The zero-order valence-corrected chi connectivity index (χ0v) is 16.3. The Balaban J connectivity index is 1.60. The summed E-state index contributed by atoms with van der Waals surface area (Å²) in [5, 5.41) is 5.25. The van der Waals surface area contributed by atoms with Crippen molar-refractivity contribution in [3.63, 3.8) is 0 Å². The molecule has 0 unspecified atom stereocenters. The largest absolute Gasteiger partial charge is 0.494 e. The number of rotatable bonds is 8. The van der Waals surface area contributed by atoms with E-state index in [0.717, 1.165) is 25.3 Å². The molecule has 3 rings (SSSR count). The highest BCUT2D eigenvalue weighted by atomic mass is 32.1. The summed E-state index contributed by atoms with van der Waals surface area (Å²) in [4.78, 5) is 16.4. The lowest BCUT2D eigenvalue weighted by Gasteiger charge is -2.34. The summed E-state index contributed by atoms with van der Waals surface area (Å²) in [5.74, 6) is 0.791. The SMILES string of the molecule is CCCOc1ccc(C(=O)NC[C@@H](c2cccs2)N2CCCCC2)cc1. The molecule has 4 nitrogen and oxygen atoms in total. The zero-order valence-electron chi connectivity index (χ0n) is 15.4. The van der Waals surface area contributed by atoms with E-state index < -0.39 is 0 Å². The fourth-order valence-electron chi connectivity index (χ4n) is 3.33. The van der Waals surface area contributed by atoms with E-state index in [4.69, 9.17) is 4.74 Å². The van der Waals surface area contributed by atoms with Gasteiger partial charge in [-0.05, 0) is 68.1 Å². The predicted molar refractivity (Wildman–Crippen MR) is 107 cm³/mol. The Labute approximate surface area is 160 Å². The molecule has 1 atom stereocenters. The number of amides is 1. The van der Waals surface area contributed by atoms with Gasteiger partial charge in [0.15, 0.2) is 0 Å². The maximum absolute atomic E-state index is 12.6. The fraction of sp³-hybridized carbons (Fsp3) is 0.476. The van der Waals surface area contributed by atoms with Gasteiger partial charge < -0.3 is 10.1 Å². The zero-order chi connectivity index (χ0) is 18.2. The van der Waals surface area contributed by atoms with E-state index in [0.29, 0.717) is 18.7 Å². The molecule has 0 spiro atoms. The van der Waals surface area contributed by atoms with Crippen LogP contribution in [-0.4, -0.2) is 37.0 Å². The molecule has 1 saturated heterocycles. The quantitative estimate of drug-likeness (QED) is 0.742. The van der Waals surface area contributed by atoms with Crippen LogP contribution in [0.25, 0.3) is 0 Å². The van der Waals surface area contributed by atoms with Crippen molar-refractivity contribution in [3.05, 3.63) is 52.2 Å². The number of likely N-dealkylation sites (tertiary alicyclic amines) is 1.